The lowest BCUT2D eigenvalue weighted by atomic mass is 10.1. The van der Waals surface area contributed by atoms with E-state index in [2.05, 4.69) is 5.32 Å². The molecule has 0 amide bonds. The van der Waals surface area contributed by atoms with Gasteiger partial charge in [0.15, 0.2) is 11.0 Å². The van der Waals surface area contributed by atoms with Crippen LogP contribution in [-0.4, -0.2) is 35.6 Å². The second-order valence-corrected chi connectivity index (χ2v) is 6.66. The third kappa shape index (κ3) is 4.56. The number of nitrogens with one attached hydrogen (secondary N) is 1. The second kappa shape index (κ2) is 8.60. The van der Waals surface area contributed by atoms with Gasteiger partial charge in [-0.1, -0.05) is 17.7 Å². The maximum absolute atomic E-state index is 14.8. The van der Waals surface area contributed by atoms with Crippen LogP contribution < -0.4 is 15.5 Å². The van der Waals surface area contributed by atoms with E-state index in [9.17, 15) is 19.1 Å². The summed E-state index contributed by atoms with van der Waals surface area (Å²) in [5, 5.41) is 20.7. The van der Waals surface area contributed by atoms with Crippen molar-refractivity contribution in [1.29, 1.82) is 0 Å². The van der Waals surface area contributed by atoms with Crippen molar-refractivity contribution < 1.29 is 28.6 Å². The zero-order valence-corrected chi connectivity index (χ0v) is 16.0. The minimum atomic E-state index is -1.74. The number of benzene rings is 2. The molecule has 0 bridgehead atoms. The van der Waals surface area contributed by atoms with Crippen LogP contribution in [0.1, 0.15) is 5.56 Å². The zero-order valence-electron chi connectivity index (χ0n) is 15.2. The number of aryl methyl sites for hydroxylation is 1. The van der Waals surface area contributed by atoms with E-state index in [-0.39, 0.29) is 51.6 Å². The van der Waals surface area contributed by atoms with Crippen LogP contribution in [0.15, 0.2) is 45.6 Å². The van der Waals surface area contributed by atoms with Gasteiger partial charge in [0.1, 0.15) is 23.9 Å². The molecule has 1 aromatic heterocycles. The smallest absolute Gasteiger partial charge is 0.347 e. The Labute approximate surface area is 169 Å². The molecule has 0 fully saturated rings. The number of carbonyl (C=O) groups is 1. The lowest BCUT2D eigenvalue weighted by Gasteiger charge is -2.14. The normalized spacial score (nSPS) is 12.1. The van der Waals surface area contributed by atoms with Crippen LogP contribution in [0.25, 0.3) is 22.3 Å². The third-order valence-corrected chi connectivity index (χ3v) is 4.38. The number of ether oxygens (including phenoxy) is 1. The highest BCUT2D eigenvalue weighted by Crippen LogP contribution is 2.35. The van der Waals surface area contributed by atoms with Crippen molar-refractivity contribution >= 4 is 28.5 Å². The van der Waals surface area contributed by atoms with Gasteiger partial charge in [0.05, 0.1) is 16.0 Å². The molecule has 152 valence electrons. The maximum atomic E-state index is 14.8. The SMILES string of the molecule is Cc1cc(F)c(-c2cc(=O)c3cccc(Cl)c3o2)c(OCCNC(O)C(=O)O)c1. The molecule has 0 aliphatic rings. The summed E-state index contributed by atoms with van der Waals surface area (Å²) in [5.74, 6) is -2.04. The van der Waals surface area contributed by atoms with E-state index in [1.54, 1.807) is 31.2 Å². The molecule has 3 N–H and O–H groups in total. The van der Waals surface area contributed by atoms with Crippen LogP contribution >= 0.6 is 11.6 Å². The number of hydrogen-bond acceptors (Lipinski definition) is 6. The molecule has 3 rings (SSSR count). The van der Waals surface area contributed by atoms with Crippen LogP contribution in [0.5, 0.6) is 5.75 Å². The molecule has 1 atom stereocenters. The van der Waals surface area contributed by atoms with Crippen LogP contribution in [-0.2, 0) is 4.79 Å². The number of para-hydroxylation sites is 1. The monoisotopic (exact) mass is 421 g/mol. The van der Waals surface area contributed by atoms with Gasteiger partial charge >= 0.3 is 5.97 Å². The average Bonchev–Trinajstić information content (AvgIpc) is 2.65. The number of carboxylic acids is 1. The standard InChI is InChI=1S/C20H17ClFNO6/c1-10-7-13(22)17(15(8-10)28-6-5-23-19(25)20(26)27)16-9-14(24)11-3-2-4-12(21)18(11)29-16/h2-4,7-9,19,23,25H,5-6H2,1H3,(H,26,27). The highest BCUT2D eigenvalue weighted by Gasteiger charge is 2.19. The van der Waals surface area contributed by atoms with Gasteiger partial charge < -0.3 is 19.4 Å². The minimum absolute atomic E-state index is 0.0179. The van der Waals surface area contributed by atoms with Crippen molar-refractivity contribution in [2.24, 2.45) is 0 Å². The molecular weight excluding hydrogens is 405 g/mol. The van der Waals surface area contributed by atoms with Gasteiger partial charge in [-0.25, -0.2) is 9.18 Å². The Bertz CT molecular complexity index is 1130. The summed E-state index contributed by atoms with van der Waals surface area (Å²) in [7, 11) is 0. The van der Waals surface area contributed by atoms with Gasteiger partial charge in [-0.2, -0.15) is 0 Å². The molecule has 9 heteroatoms. The van der Waals surface area contributed by atoms with Gasteiger partial charge in [0.2, 0.25) is 6.23 Å². The van der Waals surface area contributed by atoms with E-state index < -0.39 is 18.0 Å². The van der Waals surface area contributed by atoms with Crippen molar-refractivity contribution in [3.63, 3.8) is 0 Å². The zero-order chi connectivity index (χ0) is 21.1. The van der Waals surface area contributed by atoms with E-state index in [0.29, 0.717) is 5.56 Å². The molecule has 0 saturated heterocycles. The summed E-state index contributed by atoms with van der Waals surface area (Å²) in [5.41, 5.74) is 0.254. The van der Waals surface area contributed by atoms with Crippen molar-refractivity contribution in [2.75, 3.05) is 13.2 Å². The fourth-order valence-corrected chi connectivity index (χ4v) is 2.99. The maximum Gasteiger partial charge on any atom is 0.347 e. The van der Waals surface area contributed by atoms with Crippen LogP contribution in [0, 0.1) is 12.7 Å². The Morgan fingerprint density at radius 2 is 2.10 bits per heavy atom. The Hall–Kier alpha value is -2.94. The molecule has 3 aromatic rings. The Morgan fingerprint density at radius 3 is 2.83 bits per heavy atom. The number of hydrogen-bond donors (Lipinski definition) is 3. The van der Waals surface area contributed by atoms with Crippen molar-refractivity contribution in [3.8, 4) is 17.1 Å². The molecule has 1 unspecified atom stereocenters. The summed E-state index contributed by atoms with van der Waals surface area (Å²) in [6.45, 7) is 1.58. The van der Waals surface area contributed by atoms with Gasteiger partial charge in [-0.15, -0.1) is 0 Å². The second-order valence-electron chi connectivity index (χ2n) is 6.25. The quantitative estimate of drug-likeness (QED) is 0.397. The van der Waals surface area contributed by atoms with Crippen LogP contribution in [0.4, 0.5) is 4.39 Å². The Balaban J connectivity index is 1.97. The Kier molecular flexibility index (Phi) is 6.17. The lowest BCUT2D eigenvalue weighted by molar-refractivity contribution is -0.148. The molecule has 0 aliphatic heterocycles. The summed E-state index contributed by atoms with van der Waals surface area (Å²) in [6.07, 6.45) is -1.74. The molecule has 29 heavy (non-hydrogen) atoms. The van der Waals surface area contributed by atoms with Gasteiger partial charge in [0, 0.05) is 12.6 Å². The van der Waals surface area contributed by atoms with E-state index in [1.807, 2.05) is 0 Å². The molecule has 0 aliphatic carbocycles. The van der Waals surface area contributed by atoms with Crippen LogP contribution in [0.2, 0.25) is 5.02 Å². The molecule has 7 nitrogen and oxygen atoms in total. The predicted molar refractivity (Wildman–Crippen MR) is 105 cm³/mol. The fraction of sp³-hybridized carbons (Fsp3) is 0.200. The topological polar surface area (TPSA) is 109 Å². The van der Waals surface area contributed by atoms with E-state index in [0.717, 1.165) is 6.07 Å². The molecular formula is C20H17ClFNO6. The minimum Gasteiger partial charge on any atom is -0.491 e. The van der Waals surface area contributed by atoms with E-state index in [1.165, 1.54) is 6.07 Å². The number of carboxylic acid groups (broad SMARTS) is 1. The predicted octanol–water partition coefficient (Wildman–Crippen LogP) is 2.93. The Morgan fingerprint density at radius 1 is 1.34 bits per heavy atom. The number of halogens is 2. The van der Waals surface area contributed by atoms with E-state index in [4.69, 9.17) is 25.9 Å². The average molecular weight is 422 g/mol. The number of aliphatic carboxylic acids is 1. The van der Waals surface area contributed by atoms with Crippen molar-refractivity contribution in [2.45, 2.75) is 13.2 Å². The number of aliphatic hydroxyl groups is 1. The molecule has 0 radical (unpaired) electrons. The summed E-state index contributed by atoms with van der Waals surface area (Å²) in [4.78, 5) is 23.0. The van der Waals surface area contributed by atoms with Crippen molar-refractivity contribution in [1.82, 2.24) is 5.32 Å². The first kappa shape index (κ1) is 20.8. The van der Waals surface area contributed by atoms with Gasteiger partial charge in [-0.3, -0.25) is 10.1 Å². The van der Waals surface area contributed by atoms with Gasteiger partial charge in [0.25, 0.3) is 0 Å². The molecule has 2 aromatic carbocycles. The highest BCUT2D eigenvalue weighted by molar-refractivity contribution is 6.34. The highest BCUT2D eigenvalue weighted by atomic mass is 35.5. The summed E-state index contributed by atoms with van der Waals surface area (Å²) >= 11 is 6.11. The lowest BCUT2D eigenvalue weighted by Crippen LogP contribution is -2.38. The molecule has 1 heterocycles. The van der Waals surface area contributed by atoms with Crippen molar-refractivity contribution in [3.05, 3.63) is 63.0 Å². The number of rotatable bonds is 7. The fourth-order valence-electron chi connectivity index (χ4n) is 2.77. The first-order valence-electron chi connectivity index (χ1n) is 8.58. The molecule has 0 spiro atoms. The summed E-state index contributed by atoms with van der Waals surface area (Å²) < 4.78 is 26.0. The van der Waals surface area contributed by atoms with E-state index >= 15 is 0 Å². The number of fused-ring (bicyclic) bond motifs is 1. The molecule has 0 saturated carbocycles. The largest absolute Gasteiger partial charge is 0.491 e. The van der Waals surface area contributed by atoms with Gasteiger partial charge in [-0.05, 0) is 36.8 Å². The van der Waals surface area contributed by atoms with Crippen LogP contribution in [0.3, 0.4) is 0 Å². The third-order valence-electron chi connectivity index (χ3n) is 4.08. The summed E-state index contributed by atoms with van der Waals surface area (Å²) in [6, 6.07) is 8.71. The number of aliphatic hydroxyl groups excluding tert-OH is 1. The first-order chi connectivity index (χ1) is 13.8. The first-order valence-corrected chi connectivity index (χ1v) is 8.95.